The zero-order chi connectivity index (χ0) is 20.2. The van der Waals surface area contributed by atoms with Gasteiger partial charge in [-0.2, -0.15) is 5.10 Å². The summed E-state index contributed by atoms with van der Waals surface area (Å²) >= 11 is 6.50. The van der Waals surface area contributed by atoms with E-state index in [0.29, 0.717) is 29.5 Å². The Labute approximate surface area is 173 Å². The highest BCUT2D eigenvalue weighted by atomic mass is 35.5. The highest BCUT2D eigenvalue weighted by molar-refractivity contribution is 6.33. The van der Waals surface area contributed by atoms with Crippen LogP contribution in [0.4, 0.5) is 0 Å². The average Bonchev–Trinajstić information content (AvgIpc) is 3.35. The van der Waals surface area contributed by atoms with Crippen LogP contribution in [-0.2, 0) is 13.1 Å². The van der Waals surface area contributed by atoms with Crippen molar-refractivity contribution >= 4 is 17.5 Å². The van der Waals surface area contributed by atoms with Gasteiger partial charge in [0.15, 0.2) is 0 Å². The maximum absolute atomic E-state index is 12.9. The number of carbonyl (C=O) groups excluding carboxylic acids is 1. The van der Waals surface area contributed by atoms with Crippen molar-refractivity contribution in [1.29, 1.82) is 0 Å². The van der Waals surface area contributed by atoms with Gasteiger partial charge >= 0.3 is 0 Å². The number of aromatic nitrogens is 4. The summed E-state index contributed by atoms with van der Waals surface area (Å²) in [4.78, 5) is 16.9. The van der Waals surface area contributed by atoms with Crippen LogP contribution in [0.3, 0.4) is 0 Å². The van der Waals surface area contributed by atoms with Gasteiger partial charge in [-0.25, -0.2) is 9.67 Å². The molecule has 6 nitrogen and oxygen atoms in total. The van der Waals surface area contributed by atoms with E-state index in [1.807, 2.05) is 65.4 Å². The molecule has 0 aliphatic carbocycles. The zero-order valence-electron chi connectivity index (χ0n) is 15.9. The lowest BCUT2D eigenvalue weighted by Crippen LogP contribution is -2.24. The molecule has 0 saturated carbocycles. The average molecular weight is 406 g/mol. The van der Waals surface area contributed by atoms with Crippen LogP contribution in [0.25, 0.3) is 5.69 Å². The first-order chi connectivity index (χ1) is 14.1. The minimum Gasteiger partial charge on any atom is -0.348 e. The molecule has 2 aromatic heterocycles. The zero-order valence-corrected chi connectivity index (χ0v) is 16.7. The first kappa shape index (κ1) is 19.0. The van der Waals surface area contributed by atoms with Crippen LogP contribution in [0.15, 0.2) is 73.3 Å². The molecule has 0 radical (unpaired) electrons. The van der Waals surface area contributed by atoms with E-state index < -0.39 is 0 Å². The molecule has 0 spiro atoms. The summed E-state index contributed by atoms with van der Waals surface area (Å²) in [7, 11) is 0. The molecule has 4 rings (SSSR count). The van der Waals surface area contributed by atoms with Crippen molar-refractivity contribution in [3.8, 4) is 5.69 Å². The predicted molar refractivity (Wildman–Crippen MR) is 112 cm³/mol. The van der Waals surface area contributed by atoms with Crippen molar-refractivity contribution in [2.75, 3.05) is 0 Å². The van der Waals surface area contributed by atoms with Crippen molar-refractivity contribution in [2.24, 2.45) is 0 Å². The Morgan fingerprint density at radius 2 is 1.79 bits per heavy atom. The summed E-state index contributed by atoms with van der Waals surface area (Å²) in [6.45, 7) is 2.88. The molecular weight excluding hydrogens is 386 g/mol. The Hall–Kier alpha value is -3.38. The number of carbonyl (C=O) groups is 1. The van der Waals surface area contributed by atoms with Gasteiger partial charge in [-0.1, -0.05) is 54.1 Å². The van der Waals surface area contributed by atoms with Crippen molar-refractivity contribution in [2.45, 2.75) is 20.0 Å². The number of aryl methyl sites for hydroxylation is 1. The summed E-state index contributed by atoms with van der Waals surface area (Å²) < 4.78 is 3.57. The first-order valence-corrected chi connectivity index (χ1v) is 9.62. The van der Waals surface area contributed by atoms with E-state index in [-0.39, 0.29) is 5.91 Å². The molecule has 0 unspecified atom stereocenters. The molecule has 0 aliphatic rings. The van der Waals surface area contributed by atoms with E-state index >= 15 is 0 Å². The first-order valence-electron chi connectivity index (χ1n) is 9.24. The fraction of sp³-hybridized carbons (Fsp3) is 0.136. The molecule has 4 aromatic rings. The van der Waals surface area contributed by atoms with Crippen molar-refractivity contribution in [3.63, 3.8) is 0 Å². The smallest absolute Gasteiger partial charge is 0.256 e. The molecule has 2 aromatic carbocycles. The third-order valence-corrected chi connectivity index (χ3v) is 5.05. The van der Waals surface area contributed by atoms with Gasteiger partial charge in [-0.05, 0) is 30.2 Å². The van der Waals surface area contributed by atoms with Crippen molar-refractivity contribution in [3.05, 3.63) is 101 Å². The second kappa shape index (κ2) is 8.32. The van der Waals surface area contributed by atoms with E-state index in [4.69, 9.17) is 11.6 Å². The van der Waals surface area contributed by atoms with Crippen LogP contribution in [0.2, 0.25) is 5.15 Å². The number of imidazole rings is 1. The number of nitrogens with zero attached hydrogens (tertiary/aromatic N) is 4. The number of amides is 1. The number of nitrogens with one attached hydrogen (secondary N) is 1. The number of rotatable bonds is 6. The molecular formula is C22H20ClN5O. The van der Waals surface area contributed by atoms with E-state index in [0.717, 1.165) is 16.8 Å². The highest BCUT2D eigenvalue weighted by Gasteiger charge is 2.21. The van der Waals surface area contributed by atoms with Crippen molar-refractivity contribution < 1.29 is 4.79 Å². The standard InChI is InChI=1S/C22H20ClN5O/c1-16-20(21(23)28(26-16)19-9-3-2-4-10-19)22(29)25-13-17-7-5-6-8-18(17)14-27-12-11-24-15-27/h2-12,15H,13-14H2,1H3,(H,25,29). The van der Waals surface area contributed by atoms with E-state index in [9.17, 15) is 4.79 Å². The quantitative estimate of drug-likeness (QED) is 0.527. The van der Waals surface area contributed by atoms with Gasteiger partial charge in [0.1, 0.15) is 5.15 Å². The molecule has 1 N–H and O–H groups in total. The third kappa shape index (κ3) is 4.07. The van der Waals surface area contributed by atoms with E-state index in [2.05, 4.69) is 15.4 Å². The summed E-state index contributed by atoms with van der Waals surface area (Å²) in [6, 6.07) is 17.5. The van der Waals surface area contributed by atoms with Gasteiger partial charge < -0.3 is 9.88 Å². The Bertz CT molecular complexity index is 1120. The maximum Gasteiger partial charge on any atom is 0.256 e. The third-order valence-electron chi connectivity index (χ3n) is 4.70. The van der Waals surface area contributed by atoms with Crippen molar-refractivity contribution in [1.82, 2.24) is 24.6 Å². The van der Waals surface area contributed by atoms with E-state index in [1.54, 1.807) is 24.1 Å². The van der Waals surface area contributed by atoms with Crippen LogP contribution in [0.1, 0.15) is 27.2 Å². The largest absolute Gasteiger partial charge is 0.348 e. The monoisotopic (exact) mass is 405 g/mol. The van der Waals surface area contributed by atoms with Crippen LogP contribution in [-0.4, -0.2) is 25.2 Å². The summed E-state index contributed by atoms with van der Waals surface area (Å²) in [6.07, 6.45) is 5.44. The summed E-state index contributed by atoms with van der Waals surface area (Å²) in [5.41, 5.74) is 3.95. The Kier molecular flexibility index (Phi) is 5.44. The SMILES string of the molecule is Cc1nn(-c2ccccc2)c(Cl)c1C(=O)NCc1ccccc1Cn1ccnc1. The van der Waals surface area contributed by atoms with Gasteiger partial charge in [0.05, 0.1) is 23.3 Å². The molecule has 0 saturated heterocycles. The topological polar surface area (TPSA) is 64.7 Å². The molecule has 0 atom stereocenters. The maximum atomic E-state index is 12.9. The second-order valence-electron chi connectivity index (χ2n) is 6.68. The number of hydrogen-bond acceptors (Lipinski definition) is 3. The molecule has 2 heterocycles. The van der Waals surface area contributed by atoms with Crippen LogP contribution in [0, 0.1) is 6.92 Å². The van der Waals surface area contributed by atoms with Crippen LogP contribution < -0.4 is 5.32 Å². The van der Waals surface area contributed by atoms with Gasteiger partial charge in [0, 0.05) is 25.5 Å². The Balaban J connectivity index is 1.52. The molecule has 29 heavy (non-hydrogen) atoms. The molecule has 146 valence electrons. The Morgan fingerprint density at radius 1 is 1.07 bits per heavy atom. The molecule has 0 bridgehead atoms. The minimum atomic E-state index is -0.243. The normalized spacial score (nSPS) is 10.8. The molecule has 0 fully saturated rings. The highest BCUT2D eigenvalue weighted by Crippen LogP contribution is 2.23. The lowest BCUT2D eigenvalue weighted by Gasteiger charge is -2.11. The van der Waals surface area contributed by atoms with Gasteiger partial charge in [0.2, 0.25) is 0 Å². The number of para-hydroxylation sites is 1. The fourth-order valence-electron chi connectivity index (χ4n) is 3.22. The predicted octanol–water partition coefficient (Wildman–Crippen LogP) is 4.01. The molecule has 0 aliphatic heterocycles. The number of benzene rings is 2. The number of hydrogen-bond donors (Lipinski definition) is 1. The summed E-state index contributed by atoms with van der Waals surface area (Å²) in [5.74, 6) is -0.243. The molecule has 1 amide bonds. The lowest BCUT2D eigenvalue weighted by atomic mass is 10.1. The minimum absolute atomic E-state index is 0.243. The summed E-state index contributed by atoms with van der Waals surface area (Å²) in [5, 5.41) is 7.72. The van der Waals surface area contributed by atoms with Gasteiger partial charge in [0.25, 0.3) is 5.91 Å². The Morgan fingerprint density at radius 3 is 2.52 bits per heavy atom. The van der Waals surface area contributed by atoms with Crippen LogP contribution >= 0.6 is 11.6 Å². The molecule has 7 heteroatoms. The van der Waals surface area contributed by atoms with Gasteiger partial charge in [-0.3, -0.25) is 4.79 Å². The fourth-order valence-corrected chi connectivity index (χ4v) is 3.58. The van der Waals surface area contributed by atoms with Crippen LogP contribution in [0.5, 0.6) is 0 Å². The number of halogens is 1. The second-order valence-corrected chi connectivity index (χ2v) is 7.04. The van der Waals surface area contributed by atoms with E-state index in [1.165, 1.54) is 0 Å². The van der Waals surface area contributed by atoms with Gasteiger partial charge in [-0.15, -0.1) is 0 Å². The lowest BCUT2D eigenvalue weighted by molar-refractivity contribution is 0.0950.